The van der Waals surface area contributed by atoms with Gasteiger partial charge in [0, 0.05) is 19.4 Å². The normalized spacial score (nSPS) is 12.6. The molecule has 0 saturated heterocycles. The van der Waals surface area contributed by atoms with Crippen LogP contribution in [-0.4, -0.2) is 7.05 Å². The van der Waals surface area contributed by atoms with E-state index in [-0.39, 0.29) is 0 Å². The van der Waals surface area contributed by atoms with Gasteiger partial charge < -0.3 is 5.32 Å². The van der Waals surface area contributed by atoms with Crippen molar-refractivity contribution < 1.29 is 0 Å². The quantitative estimate of drug-likeness (QED) is 0.783. The third kappa shape index (κ3) is 3.09. The van der Waals surface area contributed by atoms with E-state index < -0.39 is 0 Å². The number of benzene rings is 1. The van der Waals surface area contributed by atoms with Crippen LogP contribution in [0.25, 0.3) is 10.4 Å². The van der Waals surface area contributed by atoms with E-state index in [0.29, 0.717) is 6.04 Å². The number of hydrogen-bond donors (Lipinski definition) is 1. The molecule has 0 fully saturated rings. The van der Waals surface area contributed by atoms with E-state index in [1.165, 1.54) is 18.9 Å². The molecule has 0 aliphatic rings. The number of halogens is 1. The van der Waals surface area contributed by atoms with Crippen molar-refractivity contribution in [1.82, 2.24) is 5.32 Å². The van der Waals surface area contributed by atoms with Gasteiger partial charge in [-0.25, -0.2) is 0 Å². The Morgan fingerprint density at radius 2 is 2.12 bits per heavy atom. The molecule has 1 unspecified atom stereocenters. The molecule has 2 aromatic rings. The van der Waals surface area contributed by atoms with Crippen LogP contribution in [0.3, 0.4) is 0 Å². The summed E-state index contributed by atoms with van der Waals surface area (Å²) in [5, 5.41) is 3.35. The van der Waals surface area contributed by atoms with Gasteiger partial charge in [0.25, 0.3) is 0 Å². The molecular weight excluding hydrogens is 341 g/mol. The first kappa shape index (κ1) is 13.1. The Kier molecular flexibility index (Phi) is 4.59. The molecule has 0 saturated carbocycles. The first-order valence-electron chi connectivity index (χ1n) is 5.77. The Morgan fingerprint density at radius 3 is 2.76 bits per heavy atom. The summed E-state index contributed by atoms with van der Waals surface area (Å²) >= 11 is 4.25. The molecule has 17 heavy (non-hydrogen) atoms. The summed E-state index contributed by atoms with van der Waals surface area (Å²) in [5.41, 5.74) is 1.32. The minimum atomic E-state index is 0.483. The largest absolute Gasteiger partial charge is 0.312 e. The average Bonchev–Trinajstić information content (AvgIpc) is 2.80. The van der Waals surface area contributed by atoms with Gasteiger partial charge in [-0.1, -0.05) is 19.1 Å². The predicted molar refractivity (Wildman–Crippen MR) is 84.6 cm³/mol. The van der Waals surface area contributed by atoms with Crippen molar-refractivity contribution >= 4 is 33.9 Å². The molecule has 0 aliphatic carbocycles. The molecule has 0 radical (unpaired) electrons. The van der Waals surface area contributed by atoms with Gasteiger partial charge in [0.2, 0.25) is 0 Å². The minimum absolute atomic E-state index is 0.483. The first-order chi connectivity index (χ1) is 8.24. The first-order valence-corrected chi connectivity index (χ1v) is 7.67. The van der Waals surface area contributed by atoms with E-state index in [4.69, 9.17) is 0 Å². The van der Waals surface area contributed by atoms with Crippen molar-refractivity contribution in [2.75, 3.05) is 7.05 Å². The average molecular weight is 357 g/mol. The van der Waals surface area contributed by atoms with Crippen molar-refractivity contribution in [3.05, 3.63) is 44.8 Å². The zero-order valence-corrected chi connectivity index (χ0v) is 13.0. The van der Waals surface area contributed by atoms with Crippen LogP contribution in [0.2, 0.25) is 0 Å². The van der Waals surface area contributed by atoms with Crippen LogP contribution < -0.4 is 5.32 Å². The molecule has 1 atom stereocenters. The molecule has 0 aliphatic heterocycles. The van der Waals surface area contributed by atoms with E-state index >= 15 is 0 Å². The third-order valence-electron chi connectivity index (χ3n) is 2.84. The van der Waals surface area contributed by atoms with Gasteiger partial charge in [0.1, 0.15) is 0 Å². The van der Waals surface area contributed by atoms with Gasteiger partial charge in [-0.2, -0.15) is 0 Å². The van der Waals surface area contributed by atoms with Crippen molar-refractivity contribution in [3.63, 3.8) is 0 Å². The number of hydrogen-bond acceptors (Lipinski definition) is 2. The monoisotopic (exact) mass is 357 g/mol. The fraction of sp³-hybridized carbons (Fsp3) is 0.286. The summed E-state index contributed by atoms with van der Waals surface area (Å²) in [6.45, 7) is 2.21. The van der Waals surface area contributed by atoms with E-state index in [0.717, 1.165) is 6.42 Å². The maximum absolute atomic E-state index is 3.35. The van der Waals surface area contributed by atoms with Crippen molar-refractivity contribution in [2.45, 2.75) is 19.4 Å². The van der Waals surface area contributed by atoms with Crippen LogP contribution in [0.15, 0.2) is 36.4 Å². The van der Waals surface area contributed by atoms with Crippen LogP contribution in [0.5, 0.6) is 0 Å². The molecule has 0 amide bonds. The van der Waals surface area contributed by atoms with Crippen molar-refractivity contribution in [2.24, 2.45) is 0 Å². The van der Waals surface area contributed by atoms with Gasteiger partial charge in [-0.05, 0) is 65.9 Å². The zero-order valence-electron chi connectivity index (χ0n) is 10.0. The maximum atomic E-state index is 3.35. The molecule has 1 nitrogen and oxygen atoms in total. The molecule has 90 valence electrons. The highest BCUT2D eigenvalue weighted by Gasteiger charge is 2.10. The summed E-state index contributed by atoms with van der Waals surface area (Å²) < 4.78 is 1.29. The summed E-state index contributed by atoms with van der Waals surface area (Å²) in [6.07, 6.45) is 1.13. The molecule has 3 heteroatoms. The number of rotatable bonds is 4. The molecule has 0 spiro atoms. The molecular formula is C14H16INS. The maximum Gasteiger partial charge on any atom is 0.0409 e. The second-order valence-electron chi connectivity index (χ2n) is 3.96. The number of thiophene rings is 1. The van der Waals surface area contributed by atoms with Gasteiger partial charge in [-0.3, -0.25) is 0 Å². The molecule has 2 rings (SSSR count). The summed E-state index contributed by atoms with van der Waals surface area (Å²) in [6, 6.07) is 13.6. The smallest absolute Gasteiger partial charge is 0.0409 e. The molecule has 0 bridgehead atoms. The highest BCUT2D eigenvalue weighted by molar-refractivity contribution is 14.1. The molecule has 1 aromatic heterocycles. The lowest BCUT2D eigenvalue weighted by molar-refractivity contribution is 0.586. The topological polar surface area (TPSA) is 12.0 Å². The van der Waals surface area contributed by atoms with Crippen LogP contribution >= 0.6 is 33.9 Å². The van der Waals surface area contributed by atoms with Gasteiger partial charge >= 0.3 is 0 Å². The van der Waals surface area contributed by atoms with E-state index in [1.807, 2.05) is 18.4 Å². The number of nitrogens with one attached hydrogen (secondary N) is 1. The van der Waals surface area contributed by atoms with Crippen LogP contribution in [0.4, 0.5) is 0 Å². The minimum Gasteiger partial charge on any atom is -0.312 e. The van der Waals surface area contributed by atoms with E-state index in [9.17, 15) is 0 Å². The fourth-order valence-corrected chi connectivity index (χ4v) is 3.63. The second-order valence-corrected chi connectivity index (χ2v) is 6.32. The summed E-state index contributed by atoms with van der Waals surface area (Å²) in [4.78, 5) is 2.77. The third-order valence-corrected chi connectivity index (χ3v) is 4.76. The summed E-state index contributed by atoms with van der Waals surface area (Å²) in [5.74, 6) is 0. The lowest BCUT2D eigenvalue weighted by atomic mass is 10.1. The van der Waals surface area contributed by atoms with Crippen LogP contribution in [-0.2, 0) is 0 Å². The summed E-state index contributed by atoms with van der Waals surface area (Å²) in [7, 11) is 2.03. The Morgan fingerprint density at radius 1 is 1.29 bits per heavy atom. The van der Waals surface area contributed by atoms with Gasteiger partial charge in [0.15, 0.2) is 0 Å². The van der Waals surface area contributed by atoms with Crippen LogP contribution in [0.1, 0.15) is 24.3 Å². The predicted octanol–water partition coefficient (Wildman–Crippen LogP) is 4.69. The van der Waals surface area contributed by atoms with Gasteiger partial charge in [-0.15, -0.1) is 11.3 Å². The van der Waals surface area contributed by atoms with Crippen molar-refractivity contribution in [1.29, 1.82) is 0 Å². The van der Waals surface area contributed by atoms with Crippen molar-refractivity contribution in [3.8, 4) is 10.4 Å². The zero-order chi connectivity index (χ0) is 12.3. The lowest BCUT2D eigenvalue weighted by Gasteiger charge is -2.10. The lowest BCUT2D eigenvalue weighted by Crippen LogP contribution is -2.13. The van der Waals surface area contributed by atoms with Gasteiger partial charge in [0.05, 0.1) is 0 Å². The molecule has 1 heterocycles. The van der Waals surface area contributed by atoms with E-state index in [2.05, 4.69) is 71.2 Å². The highest BCUT2D eigenvalue weighted by Crippen LogP contribution is 2.32. The Labute approximate surface area is 120 Å². The second kappa shape index (κ2) is 5.98. The Hall–Kier alpha value is -0.390. The molecule has 1 N–H and O–H groups in total. The highest BCUT2D eigenvalue weighted by atomic mass is 127. The Balaban J connectivity index is 2.29. The van der Waals surface area contributed by atoms with E-state index in [1.54, 1.807) is 0 Å². The van der Waals surface area contributed by atoms with Crippen LogP contribution in [0, 0.1) is 3.57 Å². The fourth-order valence-electron chi connectivity index (χ4n) is 1.88. The SMILES string of the molecule is CCC(NC)c1ccc(-c2cccc(I)c2)s1. The Bertz CT molecular complexity index is 488. The standard InChI is InChI=1S/C14H16INS/c1-3-12(16-2)14-8-7-13(17-14)10-5-4-6-11(15)9-10/h4-9,12,16H,3H2,1-2H3. The molecule has 1 aromatic carbocycles.